The van der Waals surface area contributed by atoms with Crippen molar-refractivity contribution in [1.29, 1.82) is 0 Å². The van der Waals surface area contributed by atoms with Gasteiger partial charge in [-0.15, -0.1) is 0 Å². The zero-order valence-corrected chi connectivity index (χ0v) is 24.3. The van der Waals surface area contributed by atoms with Crippen LogP contribution in [0.25, 0.3) is 0 Å². The van der Waals surface area contributed by atoms with E-state index in [0.717, 1.165) is 42.9 Å². The molecule has 2 aliphatic heterocycles. The number of carbonyl (C=O) groups excluding carboxylic acids is 1. The van der Waals surface area contributed by atoms with Crippen molar-refractivity contribution in [2.75, 3.05) is 36.1 Å². The molecule has 3 atom stereocenters. The van der Waals surface area contributed by atoms with Crippen molar-refractivity contribution < 1.29 is 13.7 Å². The highest BCUT2D eigenvalue weighted by Crippen LogP contribution is 2.31. The van der Waals surface area contributed by atoms with Crippen LogP contribution in [-0.4, -0.2) is 73.0 Å². The van der Waals surface area contributed by atoms with E-state index < -0.39 is 11.0 Å². The molecule has 1 fully saturated rings. The van der Waals surface area contributed by atoms with Crippen LogP contribution in [-0.2, 0) is 28.8 Å². The van der Waals surface area contributed by atoms with Crippen LogP contribution in [0.4, 0.5) is 17.5 Å². The smallest absolute Gasteiger partial charge is 0.254 e. The Kier molecular flexibility index (Phi) is 8.72. The van der Waals surface area contributed by atoms with Crippen LogP contribution in [0.3, 0.4) is 0 Å². The molecule has 10 nitrogen and oxygen atoms in total. The summed E-state index contributed by atoms with van der Waals surface area (Å²) in [4.78, 5) is 31.4. The summed E-state index contributed by atoms with van der Waals surface area (Å²) in [5, 5.41) is 3.36. The van der Waals surface area contributed by atoms with Crippen molar-refractivity contribution in [3.8, 4) is 0 Å². The summed E-state index contributed by atoms with van der Waals surface area (Å²) in [5.74, 6) is 1.35. The van der Waals surface area contributed by atoms with Gasteiger partial charge in [-0.25, -0.2) is 19.2 Å². The van der Waals surface area contributed by atoms with E-state index in [2.05, 4.69) is 63.9 Å². The number of hydrogen-bond donors (Lipinski definition) is 2. The fraction of sp³-hybridized carbons (Fsp3) is 0.448. The first-order valence-electron chi connectivity index (χ1n) is 13.6. The van der Waals surface area contributed by atoms with E-state index in [-0.39, 0.29) is 11.9 Å². The number of anilines is 3. The van der Waals surface area contributed by atoms with E-state index >= 15 is 0 Å². The Morgan fingerprint density at radius 1 is 1.15 bits per heavy atom. The van der Waals surface area contributed by atoms with Crippen molar-refractivity contribution >= 4 is 34.3 Å². The van der Waals surface area contributed by atoms with Crippen LogP contribution in [0.2, 0.25) is 0 Å². The van der Waals surface area contributed by atoms with Gasteiger partial charge in [0.25, 0.3) is 5.91 Å². The molecule has 2 aromatic heterocycles. The van der Waals surface area contributed by atoms with Crippen LogP contribution < -0.4 is 10.0 Å². The van der Waals surface area contributed by atoms with E-state index in [9.17, 15) is 9.00 Å². The fourth-order valence-electron chi connectivity index (χ4n) is 5.57. The van der Waals surface area contributed by atoms with Crippen molar-refractivity contribution in [3.63, 3.8) is 0 Å². The monoisotopic (exact) mass is 563 g/mol. The first kappa shape index (κ1) is 28.1. The summed E-state index contributed by atoms with van der Waals surface area (Å²) >= 11 is 0. The summed E-state index contributed by atoms with van der Waals surface area (Å²) in [6, 6.07) is 10.2. The van der Waals surface area contributed by atoms with Crippen molar-refractivity contribution in [2.24, 2.45) is 0 Å². The van der Waals surface area contributed by atoms with Gasteiger partial charge < -0.3 is 15.0 Å². The standard InChI is InChI=1S/C29H37N7O3S/c1-19-11-20(2)13-24(12-19)32-29-31-16-23-17-35(18-26(23)33-29)25-6-8-36(21(3)14-25)28(37)22-5-7-30-27(15-22)34-40(38)10-9-39-4/h5,7,11-13,15-16,21,25H,6,8-10,14,17-18H2,1-4H3,(H,30,34)(H,31,32,33)/t21-,25-,40?/m1/s1. The average Bonchev–Trinajstić information content (AvgIpc) is 3.34. The predicted octanol–water partition coefficient (Wildman–Crippen LogP) is 3.96. The molecule has 0 aliphatic carbocycles. The maximum absolute atomic E-state index is 13.4. The molecule has 3 aromatic rings. The number of benzene rings is 1. The minimum Gasteiger partial charge on any atom is -0.384 e. The third kappa shape index (κ3) is 6.65. The number of amides is 1. The number of ether oxygens (including phenoxy) is 1. The lowest BCUT2D eigenvalue weighted by atomic mass is 9.96. The van der Waals surface area contributed by atoms with Gasteiger partial charge in [-0.05, 0) is 69.0 Å². The number of likely N-dealkylation sites (tertiary alicyclic amines) is 1. The summed E-state index contributed by atoms with van der Waals surface area (Å²) < 4.78 is 20.0. The van der Waals surface area contributed by atoms with E-state index in [0.29, 0.717) is 42.3 Å². The largest absolute Gasteiger partial charge is 0.384 e. The van der Waals surface area contributed by atoms with Crippen LogP contribution >= 0.6 is 0 Å². The summed E-state index contributed by atoms with van der Waals surface area (Å²) in [5.41, 5.74) is 6.16. The van der Waals surface area contributed by atoms with E-state index in [4.69, 9.17) is 9.72 Å². The minimum atomic E-state index is -1.32. The number of aromatic nitrogens is 3. The quantitative estimate of drug-likeness (QED) is 0.402. The number of hydrogen-bond acceptors (Lipinski definition) is 8. The minimum absolute atomic E-state index is 0.0308. The second kappa shape index (κ2) is 12.4. The number of nitrogens with one attached hydrogen (secondary N) is 2. The molecule has 1 amide bonds. The van der Waals surface area contributed by atoms with Crippen LogP contribution in [0, 0.1) is 13.8 Å². The van der Waals surface area contributed by atoms with E-state index in [1.807, 2.05) is 11.1 Å². The number of methoxy groups -OCH3 is 1. The highest BCUT2D eigenvalue weighted by molar-refractivity contribution is 7.86. The highest BCUT2D eigenvalue weighted by Gasteiger charge is 2.35. The lowest BCUT2D eigenvalue weighted by Crippen LogP contribution is -2.50. The number of aryl methyl sites for hydroxylation is 2. The molecule has 212 valence electrons. The van der Waals surface area contributed by atoms with Gasteiger partial charge >= 0.3 is 0 Å². The van der Waals surface area contributed by atoms with E-state index in [1.165, 1.54) is 11.1 Å². The average molecular weight is 564 g/mol. The molecule has 5 rings (SSSR count). The van der Waals surface area contributed by atoms with Crippen LogP contribution in [0.1, 0.15) is 52.5 Å². The number of fused-ring (bicyclic) bond motifs is 1. The number of carbonyl (C=O) groups is 1. The SMILES string of the molecule is COCCS(=O)Nc1cc(C(=O)N2CC[C@@H](N3Cc4cnc(Nc5cc(C)cc(C)c5)nc4C3)C[C@H]2C)ccn1. The van der Waals surface area contributed by atoms with Gasteiger partial charge in [0.1, 0.15) is 16.8 Å². The van der Waals surface area contributed by atoms with Crippen molar-refractivity contribution in [2.45, 2.75) is 58.8 Å². The summed E-state index contributed by atoms with van der Waals surface area (Å²) in [6.07, 6.45) is 5.29. The van der Waals surface area contributed by atoms with Crippen molar-refractivity contribution in [1.82, 2.24) is 24.8 Å². The molecule has 4 heterocycles. The maximum atomic E-state index is 13.4. The first-order valence-corrected chi connectivity index (χ1v) is 15.0. The Morgan fingerprint density at radius 3 is 2.70 bits per heavy atom. The molecule has 0 bridgehead atoms. The molecule has 1 saturated heterocycles. The number of piperidine rings is 1. The molecule has 1 unspecified atom stereocenters. The molecular formula is C29H37N7O3S. The molecule has 0 spiro atoms. The van der Waals surface area contributed by atoms with Gasteiger partial charge in [-0.1, -0.05) is 6.07 Å². The van der Waals surface area contributed by atoms with Gasteiger partial charge in [0, 0.05) is 68.0 Å². The molecule has 2 N–H and O–H groups in total. The zero-order chi connectivity index (χ0) is 28.2. The molecule has 1 aromatic carbocycles. The topological polar surface area (TPSA) is 113 Å². The third-order valence-corrected chi connectivity index (χ3v) is 8.46. The molecule has 0 radical (unpaired) electrons. The molecular weight excluding hydrogens is 526 g/mol. The predicted molar refractivity (Wildman–Crippen MR) is 157 cm³/mol. The third-order valence-electron chi connectivity index (χ3n) is 7.48. The normalized spacial score (nSPS) is 19.8. The highest BCUT2D eigenvalue weighted by atomic mass is 32.2. The van der Waals surface area contributed by atoms with Crippen LogP contribution in [0.5, 0.6) is 0 Å². The molecule has 0 saturated carbocycles. The number of nitrogens with zero attached hydrogens (tertiary/aromatic N) is 5. The Bertz CT molecular complexity index is 1380. The Morgan fingerprint density at radius 2 is 1.95 bits per heavy atom. The lowest BCUT2D eigenvalue weighted by Gasteiger charge is -2.41. The second-order valence-corrected chi connectivity index (χ2v) is 12.0. The Balaban J connectivity index is 1.18. The Labute approximate surface area is 238 Å². The second-order valence-electron chi connectivity index (χ2n) is 10.7. The van der Waals surface area contributed by atoms with Crippen molar-refractivity contribution in [3.05, 3.63) is 70.7 Å². The van der Waals surface area contributed by atoms with Crippen LogP contribution in [0.15, 0.2) is 42.7 Å². The zero-order valence-electron chi connectivity index (χ0n) is 23.5. The molecule has 40 heavy (non-hydrogen) atoms. The van der Waals surface area contributed by atoms with Gasteiger partial charge in [0.15, 0.2) is 0 Å². The summed E-state index contributed by atoms with van der Waals surface area (Å²) in [6.45, 7) is 8.94. The number of rotatable bonds is 9. The summed E-state index contributed by atoms with van der Waals surface area (Å²) in [7, 11) is 0.244. The fourth-order valence-corrected chi connectivity index (χ4v) is 6.33. The lowest BCUT2D eigenvalue weighted by molar-refractivity contribution is 0.0460. The molecule has 2 aliphatic rings. The first-order chi connectivity index (χ1) is 19.3. The Hall–Kier alpha value is -3.41. The maximum Gasteiger partial charge on any atom is 0.254 e. The number of pyridine rings is 1. The van der Waals surface area contributed by atoms with Gasteiger partial charge in [-0.2, -0.15) is 0 Å². The van der Waals surface area contributed by atoms with E-state index in [1.54, 1.807) is 25.4 Å². The van der Waals surface area contributed by atoms with Gasteiger partial charge in [-0.3, -0.25) is 14.4 Å². The van der Waals surface area contributed by atoms with Gasteiger partial charge in [0.05, 0.1) is 18.1 Å². The molecule has 11 heteroatoms. The van der Waals surface area contributed by atoms with Gasteiger partial charge in [0.2, 0.25) is 5.95 Å².